The Hall–Kier alpha value is -3.59. The quantitative estimate of drug-likeness (QED) is 0.0980. The van der Waals surface area contributed by atoms with E-state index < -0.39 is 0 Å². The topological polar surface area (TPSA) is 50.4 Å². The minimum atomic E-state index is -0.293. The van der Waals surface area contributed by atoms with E-state index in [0.29, 0.717) is 17.7 Å². The monoisotopic (exact) mass is 563 g/mol. The number of benzene rings is 2. The molecule has 3 heteroatoms. The van der Waals surface area contributed by atoms with Crippen molar-refractivity contribution in [3.63, 3.8) is 0 Å². The fourth-order valence-corrected chi connectivity index (χ4v) is 5.83. The number of aryl methyl sites for hydroxylation is 1. The van der Waals surface area contributed by atoms with Gasteiger partial charge in [0.1, 0.15) is 12.0 Å². The van der Waals surface area contributed by atoms with Crippen LogP contribution < -0.4 is 11.1 Å². The van der Waals surface area contributed by atoms with E-state index in [1.807, 2.05) is 36.4 Å². The maximum atomic E-state index is 6.60. The SMILES string of the molecule is C=C/C=C(\CC/C(=C/[C@H](C)CC(CC)=C(C)CC)C1CC=CCC1)C(N=C(N)c1ccc(C)cc1)Nc1ccccc1. The average molecular weight is 564 g/mol. The van der Waals surface area contributed by atoms with Crippen molar-refractivity contribution in [1.29, 1.82) is 0 Å². The maximum Gasteiger partial charge on any atom is 0.143 e. The molecule has 3 rings (SSSR count). The predicted octanol–water partition coefficient (Wildman–Crippen LogP) is 10.5. The van der Waals surface area contributed by atoms with Crippen LogP contribution in [-0.2, 0) is 0 Å². The molecule has 0 saturated heterocycles. The minimum absolute atomic E-state index is 0.293. The molecule has 0 spiro atoms. The third kappa shape index (κ3) is 10.4. The number of para-hydroxylation sites is 1. The molecule has 0 saturated carbocycles. The van der Waals surface area contributed by atoms with Gasteiger partial charge in [-0.3, -0.25) is 0 Å². The average Bonchev–Trinajstić information content (AvgIpc) is 3.01. The Labute approximate surface area is 256 Å². The zero-order valence-electron chi connectivity index (χ0n) is 26.7. The van der Waals surface area contributed by atoms with E-state index in [-0.39, 0.29) is 6.17 Å². The first-order valence-corrected chi connectivity index (χ1v) is 15.9. The summed E-state index contributed by atoms with van der Waals surface area (Å²) in [6, 6.07) is 18.5. The van der Waals surface area contributed by atoms with Crippen LogP contribution in [-0.4, -0.2) is 12.0 Å². The van der Waals surface area contributed by atoms with Crippen LogP contribution in [0.2, 0.25) is 0 Å². The summed E-state index contributed by atoms with van der Waals surface area (Å²) in [6.07, 6.45) is 19.9. The van der Waals surface area contributed by atoms with Crippen molar-refractivity contribution < 1.29 is 0 Å². The molecule has 0 heterocycles. The van der Waals surface area contributed by atoms with Gasteiger partial charge in [0.25, 0.3) is 0 Å². The van der Waals surface area contributed by atoms with E-state index in [1.165, 1.54) is 17.6 Å². The van der Waals surface area contributed by atoms with Crippen molar-refractivity contribution >= 4 is 11.5 Å². The fraction of sp³-hybridized carbons (Fsp3) is 0.410. The molecule has 2 unspecified atom stereocenters. The Morgan fingerprint density at radius 3 is 2.40 bits per heavy atom. The van der Waals surface area contributed by atoms with Crippen molar-refractivity contribution in [1.82, 2.24) is 0 Å². The van der Waals surface area contributed by atoms with Crippen molar-refractivity contribution in [3.05, 3.63) is 125 Å². The smallest absolute Gasteiger partial charge is 0.143 e. The zero-order valence-corrected chi connectivity index (χ0v) is 26.7. The summed E-state index contributed by atoms with van der Waals surface area (Å²) in [6.45, 7) is 15.4. The van der Waals surface area contributed by atoms with Gasteiger partial charge in [0.2, 0.25) is 0 Å². The summed E-state index contributed by atoms with van der Waals surface area (Å²) in [5, 5.41) is 3.65. The van der Waals surface area contributed by atoms with Gasteiger partial charge in [0, 0.05) is 11.3 Å². The van der Waals surface area contributed by atoms with Gasteiger partial charge >= 0.3 is 0 Å². The van der Waals surface area contributed by atoms with Crippen LogP contribution in [0.4, 0.5) is 5.69 Å². The third-order valence-electron chi connectivity index (χ3n) is 8.50. The highest BCUT2D eigenvalue weighted by atomic mass is 15.1. The number of hydrogen-bond donors (Lipinski definition) is 2. The summed E-state index contributed by atoms with van der Waals surface area (Å²) in [7, 11) is 0. The van der Waals surface area contributed by atoms with E-state index in [4.69, 9.17) is 10.7 Å². The molecule has 3 N–H and O–H groups in total. The van der Waals surface area contributed by atoms with Crippen LogP contribution in [0.25, 0.3) is 0 Å². The number of allylic oxidation sites excluding steroid dienone is 8. The molecule has 0 radical (unpaired) electrons. The fourth-order valence-electron chi connectivity index (χ4n) is 5.83. The highest BCUT2D eigenvalue weighted by Crippen LogP contribution is 2.33. The number of hydrogen-bond acceptors (Lipinski definition) is 2. The van der Waals surface area contributed by atoms with E-state index in [2.05, 4.69) is 95.1 Å². The lowest BCUT2D eigenvalue weighted by Gasteiger charge is -2.26. The molecule has 2 aromatic rings. The van der Waals surface area contributed by atoms with Crippen molar-refractivity contribution in [2.24, 2.45) is 22.6 Å². The molecule has 0 amide bonds. The van der Waals surface area contributed by atoms with Crippen LogP contribution in [0.15, 0.2) is 119 Å². The van der Waals surface area contributed by atoms with Crippen LogP contribution in [0, 0.1) is 18.8 Å². The Morgan fingerprint density at radius 2 is 1.79 bits per heavy atom. The second-order valence-corrected chi connectivity index (χ2v) is 11.8. The predicted molar refractivity (Wildman–Crippen MR) is 185 cm³/mol. The number of anilines is 1. The second-order valence-electron chi connectivity index (χ2n) is 11.8. The number of rotatable bonds is 15. The number of nitrogens with zero attached hydrogens (tertiary/aromatic N) is 1. The lowest BCUT2D eigenvalue weighted by molar-refractivity contribution is 0.521. The number of nitrogens with two attached hydrogens (primary N) is 1. The first-order chi connectivity index (χ1) is 20.3. The molecule has 1 aliphatic rings. The molecular weight excluding hydrogens is 510 g/mol. The third-order valence-corrected chi connectivity index (χ3v) is 8.50. The van der Waals surface area contributed by atoms with Gasteiger partial charge in [-0.05, 0) is 94.8 Å². The lowest BCUT2D eigenvalue weighted by Crippen LogP contribution is -2.25. The van der Waals surface area contributed by atoms with Gasteiger partial charge in [-0.1, -0.05) is 122 Å². The zero-order chi connectivity index (χ0) is 30.3. The van der Waals surface area contributed by atoms with E-state index in [9.17, 15) is 0 Å². The molecular formula is C39H53N3. The van der Waals surface area contributed by atoms with Gasteiger partial charge in [-0.2, -0.15) is 0 Å². The first-order valence-electron chi connectivity index (χ1n) is 15.9. The van der Waals surface area contributed by atoms with Crippen LogP contribution in [0.3, 0.4) is 0 Å². The Morgan fingerprint density at radius 1 is 1.05 bits per heavy atom. The van der Waals surface area contributed by atoms with Crippen LogP contribution in [0.5, 0.6) is 0 Å². The Bertz CT molecular complexity index is 1270. The molecule has 0 aliphatic heterocycles. The molecule has 3 atom stereocenters. The summed E-state index contributed by atoms with van der Waals surface area (Å²) >= 11 is 0. The molecule has 224 valence electrons. The highest BCUT2D eigenvalue weighted by Gasteiger charge is 2.20. The molecule has 1 aliphatic carbocycles. The molecule has 3 nitrogen and oxygen atoms in total. The number of amidine groups is 1. The Balaban J connectivity index is 1.91. The molecule has 0 aromatic heterocycles. The molecule has 0 bridgehead atoms. The highest BCUT2D eigenvalue weighted by molar-refractivity contribution is 5.97. The van der Waals surface area contributed by atoms with Gasteiger partial charge in [-0.15, -0.1) is 0 Å². The van der Waals surface area contributed by atoms with E-state index in [0.717, 1.165) is 56.2 Å². The Kier molecular flexibility index (Phi) is 13.6. The minimum Gasteiger partial charge on any atom is -0.383 e. The number of aliphatic imine (C=N–C) groups is 1. The summed E-state index contributed by atoms with van der Waals surface area (Å²) in [5.74, 6) is 1.65. The second kappa shape index (κ2) is 17.4. The van der Waals surface area contributed by atoms with Gasteiger partial charge < -0.3 is 11.1 Å². The van der Waals surface area contributed by atoms with Crippen molar-refractivity contribution in [3.8, 4) is 0 Å². The molecule has 2 aromatic carbocycles. The largest absolute Gasteiger partial charge is 0.383 e. The standard InChI is InChI=1S/C39H53N3/c1-7-16-35(39(41-37-19-14-11-15-20-37)42-38(40)34-23-21-29(4)22-24-34)25-26-36(33-17-12-10-13-18-33)28-30(5)27-32(9-3)31(6)8-2/h7,10-12,14-16,19-24,28,30,33,39,41H,1,8-9,13,17-18,25-27H2,2-6H3,(H2,40,42)/b32-31?,35-16+,36-28-/t30-,33?,39?/m1/s1. The van der Waals surface area contributed by atoms with E-state index >= 15 is 0 Å². The number of nitrogens with one attached hydrogen (secondary N) is 1. The van der Waals surface area contributed by atoms with E-state index in [1.54, 1.807) is 16.7 Å². The summed E-state index contributed by atoms with van der Waals surface area (Å²) in [4.78, 5) is 5.05. The van der Waals surface area contributed by atoms with Crippen molar-refractivity contribution in [2.45, 2.75) is 92.2 Å². The summed E-state index contributed by atoms with van der Waals surface area (Å²) in [5.41, 5.74) is 15.7. The van der Waals surface area contributed by atoms with Crippen LogP contribution >= 0.6 is 0 Å². The van der Waals surface area contributed by atoms with Gasteiger partial charge in [0.05, 0.1) is 0 Å². The van der Waals surface area contributed by atoms with Gasteiger partial charge in [0.15, 0.2) is 0 Å². The summed E-state index contributed by atoms with van der Waals surface area (Å²) < 4.78 is 0. The molecule has 0 fully saturated rings. The normalized spacial score (nSPS) is 18.3. The molecule has 42 heavy (non-hydrogen) atoms. The van der Waals surface area contributed by atoms with Crippen molar-refractivity contribution in [2.75, 3.05) is 5.32 Å². The first kappa shape index (κ1) is 32.9. The van der Waals surface area contributed by atoms with Gasteiger partial charge in [-0.25, -0.2) is 4.99 Å². The van der Waals surface area contributed by atoms with Crippen LogP contribution in [0.1, 0.15) is 90.2 Å². The maximum absolute atomic E-state index is 6.60. The lowest BCUT2D eigenvalue weighted by atomic mass is 9.82.